The second-order valence-electron chi connectivity index (χ2n) is 22.9. The molecule has 98 heavy (non-hydrogen) atoms. The number of rotatable bonds is 19. The topological polar surface area (TPSA) is 320 Å². The molecule has 9 aromatic rings. The summed E-state index contributed by atoms with van der Waals surface area (Å²) in [5.74, 6) is 9.04. The first-order valence-electron chi connectivity index (χ1n) is 31.9. The number of nitrogens with two attached hydrogens (primary N) is 1. The largest absolute Gasteiger partial charge is 0.493 e. The van der Waals surface area contributed by atoms with Crippen LogP contribution in [0.25, 0.3) is 17.1 Å². The maximum atomic E-state index is 9.76. The highest BCUT2D eigenvalue weighted by Gasteiger charge is 2.30. The van der Waals surface area contributed by atoms with E-state index in [4.69, 9.17) is 98.2 Å². The Hall–Kier alpha value is -9.32. The summed E-state index contributed by atoms with van der Waals surface area (Å²) in [7, 11) is 14.2. The highest BCUT2D eigenvalue weighted by molar-refractivity contribution is 6.32. The van der Waals surface area contributed by atoms with Crippen molar-refractivity contribution in [2.45, 2.75) is 95.6 Å². The van der Waals surface area contributed by atoms with Crippen LogP contribution in [0.3, 0.4) is 0 Å². The van der Waals surface area contributed by atoms with Gasteiger partial charge < -0.3 is 93.1 Å². The van der Waals surface area contributed by atoms with Crippen LogP contribution in [0.2, 0.25) is 15.7 Å². The Balaban J connectivity index is 0.000000145. The molecule has 14 rings (SSSR count). The van der Waals surface area contributed by atoms with Gasteiger partial charge in [-0.1, -0.05) is 11.6 Å². The van der Waals surface area contributed by atoms with Gasteiger partial charge in [-0.25, -0.2) is 39.9 Å². The molecule has 3 aromatic carbocycles. The summed E-state index contributed by atoms with van der Waals surface area (Å²) in [6, 6.07) is 11.6. The number of benzene rings is 3. The van der Waals surface area contributed by atoms with Crippen molar-refractivity contribution in [3.05, 3.63) is 123 Å². The fourth-order valence-electron chi connectivity index (χ4n) is 12.1. The van der Waals surface area contributed by atoms with Crippen molar-refractivity contribution in [3.8, 4) is 68.8 Å². The normalized spacial score (nSPS) is 15.3. The number of nitrogens with zero attached hydrogens (tertiary/aromatic N) is 13. The zero-order valence-corrected chi connectivity index (χ0v) is 58.5. The van der Waals surface area contributed by atoms with Gasteiger partial charge in [0.15, 0.2) is 34.5 Å². The average molecular weight is 1410 g/mol. The van der Waals surface area contributed by atoms with Crippen LogP contribution in [0, 0.1) is 0 Å². The van der Waals surface area contributed by atoms with Crippen molar-refractivity contribution < 1.29 is 52.8 Å². The van der Waals surface area contributed by atoms with Gasteiger partial charge in [0.25, 0.3) is 0 Å². The number of aromatic nitrogens is 12. The number of fused-ring (bicyclic) bond motifs is 3. The lowest BCUT2D eigenvalue weighted by molar-refractivity contribution is 0.255. The maximum Gasteiger partial charge on any atom is 0.227 e. The Morgan fingerprint density at radius 1 is 0.480 bits per heavy atom. The Labute approximate surface area is 583 Å². The maximum absolute atomic E-state index is 9.76. The van der Waals surface area contributed by atoms with Gasteiger partial charge in [-0.3, -0.25) is 0 Å². The molecule has 31 heteroatoms. The molecule has 3 aliphatic carbocycles. The fraction of sp³-hybridized carbons (Fsp3) is 0.418. The van der Waals surface area contributed by atoms with E-state index < -0.39 is 0 Å². The molecular weight excluding hydrogens is 1330 g/mol. The predicted octanol–water partition coefficient (Wildman–Crippen LogP) is 9.94. The molecule has 0 bridgehead atoms. The molecule has 2 aliphatic heterocycles. The lowest BCUT2D eigenvalue weighted by atomic mass is 10.2. The van der Waals surface area contributed by atoms with Crippen LogP contribution in [0.15, 0.2) is 74.0 Å². The number of aliphatic hydroxyl groups is 2. The van der Waals surface area contributed by atoms with E-state index in [0.29, 0.717) is 98.8 Å². The molecule has 0 saturated carbocycles. The van der Waals surface area contributed by atoms with Gasteiger partial charge in [-0.05, 0) is 113 Å². The molecule has 2 atom stereocenters. The number of imidazole rings is 3. The molecule has 7 N–H and O–H groups in total. The molecule has 0 radical (unpaired) electrons. The molecule has 2 fully saturated rings. The van der Waals surface area contributed by atoms with Crippen molar-refractivity contribution in [2.75, 3.05) is 112 Å². The first-order chi connectivity index (χ1) is 47.7. The van der Waals surface area contributed by atoms with E-state index in [2.05, 4.69) is 55.7 Å². The van der Waals surface area contributed by atoms with Crippen LogP contribution in [0.4, 0.5) is 35.0 Å². The minimum absolute atomic E-state index is 0.0755. The van der Waals surface area contributed by atoms with Gasteiger partial charge in [0.05, 0.1) is 136 Å². The Bertz CT molecular complexity index is 4100. The van der Waals surface area contributed by atoms with E-state index in [9.17, 15) is 5.11 Å². The monoisotopic (exact) mass is 1410 g/mol. The summed E-state index contributed by atoms with van der Waals surface area (Å²) in [5, 5.41) is 29.1. The van der Waals surface area contributed by atoms with Crippen molar-refractivity contribution in [3.63, 3.8) is 0 Å². The lowest BCUT2D eigenvalue weighted by Crippen LogP contribution is -2.33. The molecule has 8 heterocycles. The van der Waals surface area contributed by atoms with Gasteiger partial charge in [0.2, 0.25) is 33.8 Å². The Morgan fingerprint density at radius 3 is 1.32 bits per heavy atom. The number of nitrogen functional groups attached to an aromatic ring is 1. The van der Waals surface area contributed by atoms with Gasteiger partial charge >= 0.3 is 0 Å². The summed E-state index contributed by atoms with van der Waals surface area (Å²) >= 11 is 17.5. The van der Waals surface area contributed by atoms with E-state index in [1.807, 2.05) is 57.9 Å². The number of aryl methyl sites for hydroxylation is 3. The number of halogens is 3. The minimum Gasteiger partial charge on any atom is -0.493 e. The molecule has 5 aliphatic rings. The van der Waals surface area contributed by atoms with Crippen molar-refractivity contribution in [2.24, 2.45) is 0 Å². The molecule has 0 amide bonds. The van der Waals surface area contributed by atoms with E-state index >= 15 is 0 Å². The third-order valence-corrected chi connectivity index (χ3v) is 17.7. The summed E-state index contributed by atoms with van der Waals surface area (Å²) in [6.07, 6.45) is 23.8. The van der Waals surface area contributed by atoms with Crippen LogP contribution in [0.1, 0.15) is 78.7 Å². The third kappa shape index (κ3) is 16.8. The van der Waals surface area contributed by atoms with Crippen molar-refractivity contribution in [1.29, 1.82) is 0 Å². The highest BCUT2D eigenvalue weighted by Crippen LogP contribution is 2.43. The molecule has 28 nitrogen and oxygen atoms in total. The SMILES string of the molecule is COc1cc(-n2cnc(N)c2)cc(OC)c1OC.COc1cc(-n2cnc(Nc3nc(Cl)nc4c3CCC4)c2)cc(OC)c1OC.COc1cc(-n2cnc(Nc3nc(N4CCC[C@H]4CO)nc4c3CCC4)c2)cc(OC)c1OC.Clc1nc(Cl)c2c(n1)CCC2.OC[C@@H]1CCCN1. The van der Waals surface area contributed by atoms with E-state index in [0.717, 1.165) is 147 Å². The van der Waals surface area contributed by atoms with Gasteiger partial charge in [-0.2, -0.15) is 4.98 Å². The molecular formula is C67H82Cl3N17O11. The van der Waals surface area contributed by atoms with Gasteiger partial charge in [-0.15, -0.1) is 0 Å². The highest BCUT2D eigenvalue weighted by atomic mass is 35.5. The summed E-state index contributed by atoms with van der Waals surface area (Å²) in [5.41, 5.74) is 14.5. The smallest absolute Gasteiger partial charge is 0.227 e. The summed E-state index contributed by atoms with van der Waals surface area (Å²) < 4.78 is 53.9. The lowest BCUT2D eigenvalue weighted by Gasteiger charge is -2.24. The molecule has 2 saturated heterocycles. The predicted molar refractivity (Wildman–Crippen MR) is 373 cm³/mol. The molecule has 0 unspecified atom stereocenters. The number of aliphatic hydroxyl groups excluding tert-OH is 2. The van der Waals surface area contributed by atoms with Crippen LogP contribution in [0.5, 0.6) is 51.7 Å². The first-order valence-corrected chi connectivity index (χ1v) is 33.0. The van der Waals surface area contributed by atoms with Crippen LogP contribution >= 0.6 is 34.8 Å². The number of anilines is 6. The van der Waals surface area contributed by atoms with Gasteiger partial charge in [0.1, 0.15) is 53.2 Å². The number of hydrogen-bond acceptors (Lipinski definition) is 25. The zero-order valence-electron chi connectivity index (χ0n) is 56.2. The number of methoxy groups -OCH3 is 9. The number of nitrogens with one attached hydrogen (secondary N) is 3. The van der Waals surface area contributed by atoms with Gasteiger partial charge in [0, 0.05) is 65.7 Å². The second kappa shape index (κ2) is 33.8. The molecule has 6 aromatic heterocycles. The quantitative estimate of drug-likeness (QED) is 0.0324. The third-order valence-electron chi connectivity index (χ3n) is 17.0. The van der Waals surface area contributed by atoms with Crippen LogP contribution in [-0.4, -0.2) is 171 Å². The molecule has 522 valence electrons. The fourth-order valence-corrected chi connectivity index (χ4v) is 12.8. The van der Waals surface area contributed by atoms with Crippen LogP contribution in [-0.2, 0) is 38.5 Å². The van der Waals surface area contributed by atoms with E-state index in [1.54, 1.807) is 93.7 Å². The standard InChI is InChI=1S/C24H30N6O4.C19H20ClN5O3.C12H15N3O3.C7H6Cl2N2.C5H11NO/c1-32-19-10-16(11-20(33-2)22(19)34-3)29-12-21(25-14-29)27-23-17-7-4-8-18(17)26-24(28-23)30-9-5-6-15(30)13-31;1-26-14-7-11(8-15(27-2)17(14)28-3)25-9-16(21-10-25)23-18-12-5-4-6-13(12)22-19(20)24-18;1-16-9-4-8(15-6-11(13)14-7-15)5-10(17-2)12(9)18-3;8-6-4-2-1-3-5(4)10-7(9)11-6;7-4-5-2-1-3-6-5/h10-12,14-15,31H,4-9,13H2,1-3H3,(H,26,27,28);7-10H,4-6H2,1-3H3,(H,22,23,24);4-7H,13H2,1-3H3;1-3H2;5-7H,1-4H2/t15-;;;;5-/m0...0/s1. The Morgan fingerprint density at radius 2 is 0.908 bits per heavy atom. The summed E-state index contributed by atoms with van der Waals surface area (Å²) in [4.78, 5) is 41.4. The summed E-state index contributed by atoms with van der Waals surface area (Å²) in [6.45, 7) is 2.37. The van der Waals surface area contributed by atoms with Crippen LogP contribution < -0.4 is 69.2 Å². The van der Waals surface area contributed by atoms with E-state index in [1.165, 1.54) is 6.42 Å². The Kier molecular flexibility index (Phi) is 24.6. The first kappa shape index (κ1) is 71.5. The number of hydrogen-bond donors (Lipinski definition) is 6. The second-order valence-corrected chi connectivity index (χ2v) is 24.0. The minimum atomic E-state index is 0.0755. The van der Waals surface area contributed by atoms with Crippen molar-refractivity contribution >= 4 is 69.8 Å². The zero-order chi connectivity index (χ0) is 69.4. The van der Waals surface area contributed by atoms with Crippen molar-refractivity contribution in [1.82, 2.24) is 63.9 Å². The number of ether oxygens (including phenoxy) is 9. The molecule has 0 spiro atoms. The average Bonchev–Trinajstić information content (AvgIpc) is 1.58. The van der Waals surface area contributed by atoms with E-state index in [-0.39, 0.29) is 23.2 Å².